The summed E-state index contributed by atoms with van der Waals surface area (Å²) in [6, 6.07) is 7.45. The fraction of sp³-hybridized carbons (Fsp3) is 0.375. The number of rotatable bonds is 5. The fourth-order valence-electron chi connectivity index (χ4n) is 2.65. The summed E-state index contributed by atoms with van der Waals surface area (Å²) in [5.74, 6) is 0.843. The first-order valence-electron chi connectivity index (χ1n) is 7.70. The van der Waals surface area contributed by atoms with Gasteiger partial charge in [-0.3, -0.25) is 10.1 Å². The van der Waals surface area contributed by atoms with Crippen molar-refractivity contribution in [3.63, 3.8) is 0 Å². The van der Waals surface area contributed by atoms with Crippen LogP contribution >= 0.6 is 0 Å². The summed E-state index contributed by atoms with van der Waals surface area (Å²) in [6.45, 7) is 3.60. The third-order valence-electron chi connectivity index (χ3n) is 3.90. The molecule has 3 rings (SSSR count). The van der Waals surface area contributed by atoms with Crippen molar-refractivity contribution >= 4 is 11.5 Å². The number of aryl methyl sites for hydroxylation is 1. The van der Waals surface area contributed by atoms with E-state index in [1.807, 2.05) is 17.0 Å². The monoisotopic (exact) mass is 314 g/mol. The predicted octanol–water partition coefficient (Wildman–Crippen LogP) is 3.34. The van der Waals surface area contributed by atoms with Crippen LogP contribution in [-0.4, -0.2) is 28.0 Å². The van der Waals surface area contributed by atoms with E-state index in [1.54, 1.807) is 12.1 Å². The molecule has 2 heterocycles. The molecule has 0 atom stereocenters. The first-order valence-corrected chi connectivity index (χ1v) is 7.70. The molecule has 0 radical (unpaired) electrons. The molecule has 1 fully saturated rings. The van der Waals surface area contributed by atoms with Crippen LogP contribution in [0.4, 0.5) is 11.5 Å². The third kappa shape index (κ3) is 3.23. The average molecular weight is 314 g/mol. The highest BCUT2D eigenvalue weighted by Gasteiger charge is 2.29. The lowest BCUT2D eigenvalue weighted by molar-refractivity contribution is -0.385. The van der Waals surface area contributed by atoms with Crippen LogP contribution in [0.1, 0.15) is 25.3 Å². The topological polar surface area (TPSA) is 81.4 Å². The molecule has 2 aromatic rings. The van der Waals surface area contributed by atoms with Crippen molar-refractivity contribution in [2.75, 3.05) is 18.0 Å². The molecule has 0 spiro atoms. The quantitative estimate of drug-likeness (QED) is 0.622. The minimum Gasteiger partial charge on any atom is -0.434 e. The van der Waals surface area contributed by atoms with Gasteiger partial charge in [0.2, 0.25) is 5.82 Å². The van der Waals surface area contributed by atoms with Gasteiger partial charge in [0.1, 0.15) is 12.1 Å². The molecule has 23 heavy (non-hydrogen) atoms. The van der Waals surface area contributed by atoms with Gasteiger partial charge in [0.05, 0.1) is 4.92 Å². The average Bonchev–Trinajstić information content (AvgIpc) is 3.09. The summed E-state index contributed by atoms with van der Waals surface area (Å²) in [4.78, 5) is 21.0. The maximum Gasteiger partial charge on any atom is 0.373 e. The van der Waals surface area contributed by atoms with Crippen LogP contribution in [0.15, 0.2) is 30.6 Å². The van der Waals surface area contributed by atoms with Crippen LogP contribution in [0, 0.1) is 10.1 Å². The van der Waals surface area contributed by atoms with Crippen molar-refractivity contribution in [2.45, 2.75) is 26.2 Å². The fourth-order valence-corrected chi connectivity index (χ4v) is 2.65. The highest BCUT2D eigenvalue weighted by Crippen LogP contribution is 2.37. The molecule has 0 amide bonds. The summed E-state index contributed by atoms with van der Waals surface area (Å²) in [5.41, 5.74) is 1.00. The van der Waals surface area contributed by atoms with Gasteiger partial charge in [-0.1, -0.05) is 19.1 Å². The Kier molecular flexibility index (Phi) is 4.36. The molecule has 1 saturated heterocycles. The highest BCUT2D eigenvalue weighted by atomic mass is 16.6. The van der Waals surface area contributed by atoms with Crippen molar-refractivity contribution in [3.8, 4) is 11.6 Å². The molecular formula is C16H18N4O3. The Bertz CT molecular complexity index is 697. The summed E-state index contributed by atoms with van der Waals surface area (Å²) in [5, 5.41) is 11.5. The van der Waals surface area contributed by atoms with E-state index in [-0.39, 0.29) is 11.6 Å². The van der Waals surface area contributed by atoms with Crippen LogP contribution in [0.25, 0.3) is 0 Å². The van der Waals surface area contributed by atoms with Crippen molar-refractivity contribution < 1.29 is 9.66 Å². The van der Waals surface area contributed by atoms with E-state index in [0.29, 0.717) is 11.6 Å². The van der Waals surface area contributed by atoms with Gasteiger partial charge in [0, 0.05) is 13.1 Å². The Morgan fingerprint density at radius 1 is 1.22 bits per heavy atom. The molecule has 1 aromatic heterocycles. The minimum atomic E-state index is -0.469. The summed E-state index contributed by atoms with van der Waals surface area (Å²) in [7, 11) is 0. The van der Waals surface area contributed by atoms with E-state index >= 15 is 0 Å². The van der Waals surface area contributed by atoms with E-state index in [0.717, 1.165) is 32.4 Å². The number of benzene rings is 1. The first-order chi connectivity index (χ1) is 11.2. The highest BCUT2D eigenvalue weighted by molar-refractivity contribution is 5.63. The minimum absolute atomic E-state index is 0.0175. The van der Waals surface area contributed by atoms with E-state index in [2.05, 4.69) is 16.9 Å². The Hall–Kier alpha value is -2.70. The van der Waals surface area contributed by atoms with Gasteiger partial charge in [-0.25, -0.2) is 4.98 Å². The third-order valence-corrected chi connectivity index (χ3v) is 3.90. The molecule has 1 aliphatic rings. The zero-order valence-corrected chi connectivity index (χ0v) is 12.9. The number of aromatic nitrogens is 2. The molecule has 0 N–H and O–H groups in total. The van der Waals surface area contributed by atoms with Crippen LogP contribution < -0.4 is 9.64 Å². The Morgan fingerprint density at radius 2 is 1.91 bits per heavy atom. The molecule has 0 saturated carbocycles. The van der Waals surface area contributed by atoms with Crippen LogP contribution in [0.5, 0.6) is 11.6 Å². The maximum atomic E-state index is 11.5. The number of hydrogen-bond acceptors (Lipinski definition) is 6. The lowest BCUT2D eigenvalue weighted by Crippen LogP contribution is -2.20. The number of ether oxygens (including phenoxy) is 1. The van der Waals surface area contributed by atoms with Crippen LogP contribution in [0.2, 0.25) is 0 Å². The van der Waals surface area contributed by atoms with Gasteiger partial charge in [0.15, 0.2) is 0 Å². The summed E-state index contributed by atoms with van der Waals surface area (Å²) < 4.78 is 5.65. The largest absolute Gasteiger partial charge is 0.434 e. The summed E-state index contributed by atoms with van der Waals surface area (Å²) in [6.07, 6.45) is 4.26. The van der Waals surface area contributed by atoms with Crippen molar-refractivity contribution in [2.24, 2.45) is 0 Å². The number of nitrogens with zero attached hydrogens (tertiary/aromatic N) is 4. The Balaban J connectivity index is 1.94. The van der Waals surface area contributed by atoms with Gasteiger partial charge in [-0.15, -0.1) is 0 Å². The molecular weight excluding hydrogens is 296 g/mol. The molecule has 0 aliphatic carbocycles. The Morgan fingerprint density at radius 3 is 2.52 bits per heavy atom. The first kappa shape index (κ1) is 15.2. The van der Waals surface area contributed by atoms with Gasteiger partial charge in [0.25, 0.3) is 0 Å². The van der Waals surface area contributed by atoms with Gasteiger partial charge in [-0.05, 0) is 37.0 Å². The molecule has 7 nitrogen and oxygen atoms in total. The predicted molar refractivity (Wildman–Crippen MR) is 86.0 cm³/mol. The molecule has 1 aliphatic heterocycles. The standard InChI is InChI=1S/C16H18N4O3/c1-2-12-5-7-13(8-6-12)23-16-14(20(21)22)15(17-11-18-16)19-9-3-4-10-19/h5-8,11H,2-4,9-10H2,1H3. The lowest BCUT2D eigenvalue weighted by atomic mass is 10.2. The van der Waals surface area contributed by atoms with Crippen LogP contribution in [-0.2, 0) is 6.42 Å². The van der Waals surface area contributed by atoms with Crippen LogP contribution in [0.3, 0.4) is 0 Å². The van der Waals surface area contributed by atoms with Gasteiger partial charge >= 0.3 is 11.6 Å². The van der Waals surface area contributed by atoms with E-state index < -0.39 is 4.92 Å². The molecule has 120 valence electrons. The number of anilines is 1. The molecule has 0 bridgehead atoms. The maximum absolute atomic E-state index is 11.5. The smallest absolute Gasteiger partial charge is 0.373 e. The Labute approximate surface area is 134 Å². The van der Waals surface area contributed by atoms with E-state index in [1.165, 1.54) is 11.9 Å². The van der Waals surface area contributed by atoms with E-state index in [9.17, 15) is 10.1 Å². The van der Waals surface area contributed by atoms with Crippen molar-refractivity contribution in [1.82, 2.24) is 9.97 Å². The zero-order chi connectivity index (χ0) is 16.2. The second-order valence-corrected chi connectivity index (χ2v) is 5.40. The van der Waals surface area contributed by atoms with Gasteiger partial charge < -0.3 is 9.64 Å². The van der Waals surface area contributed by atoms with E-state index in [4.69, 9.17) is 4.74 Å². The zero-order valence-electron chi connectivity index (χ0n) is 12.9. The lowest BCUT2D eigenvalue weighted by Gasteiger charge is -2.16. The second-order valence-electron chi connectivity index (χ2n) is 5.40. The molecule has 1 aromatic carbocycles. The van der Waals surface area contributed by atoms with Gasteiger partial charge in [-0.2, -0.15) is 4.98 Å². The molecule has 7 heteroatoms. The SMILES string of the molecule is CCc1ccc(Oc2ncnc(N3CCCC3)c2[N+](=O)[O-])cc1. The van der Waals surface area contributed by atoms with Crippen molar-refractivity contribution in [1.29, 1.82) is 0 Å². The number of hydrogen-bond donors (Lipinski definition) is 0. The summed E-state index contributed by atoms with van der Waals surface area (Å²) >= 11 is 0. The normalized spacial score (nSPS) is 14.0. The van der Waals surface area contributed by atoms with Crippen molar-refractivity contribution in [3.05, 3.63) is 46.3 Å². The number of nitro groups is 1. The molecule has 0 unspecified atom stereocenters. The second kappa shape index (κ2) is 6.60.